The number of piperazine rings is 1. The van der Waals surface area contributed by atoms with Crippen molar-refractivity contribution in [2.45, 2.75) is 18.8 Å². The summed E-state index contributed by atoms with van der Waals surface area (Å²) in [6.07, 6.45) is 0. The maximum atomic E-state index is 12.1. The molecule has 0 bridgehead atoms. The van der Waals surface area contributed by atoms with Crippen LogP contribution < -0.4 is 0 Å². The highest BCUT2D eigenvalue weighted by Crippen LogP contribution is 2.28. The molecule has 0 saturated carbocycles. The fraction of sp³-hybridized carbons (Fsp3) is 0.900. The van der Waals surface area contributed by atoms with Crippen LogP contribution in [0.25, 0.3) is 0 Å². The van der Waals surface area contributed by atoms with E-state index in [1.165, 1.54) is 0 Å². The lowest BCUT2D eigenvalue weighted by Gasteiger charge is -2.43. The van der Waals surface area contributed by atoms with E-state index in [0.29, 0.717) is 13.2 Å². The van der Waals surface area contributed by atoms with Crippen molar-refractivity contribution in [3.63, 3.8) is 0 Å². The largest absolute Gasteiger partial charge is 0.346 e. The van der Waals surface area contributed by atoms with Gasteiger partial charge in [-0.05, 0) is 14.0 Å². The summed E-state index contributed by atoms with van der Waals surface area (Å²) in [5.74, 6) is -0.700. The van der Waals surface area contributed by atoms with E-state index in [-0.39, 0.29) is 11.9 Å². The van der Waals surface area contributed by atoms with Crippen LogP contribution in [0, 0.1) is 0 Å². The Hall–Kier alpha value is -0.650. The molecular weight excluding hydrogens is 196 g/mol. The molecule has 2 fully saturated rings. The van der Waals surface area contributed by atoms with Crippen molar-refractivity contribution >= 4 is 5.91 Å². The average Bonchev–Trinajstić information content (AvgIpc) is 2.60. The molecule has 0 radical (unpaired) electrons. The van der Waals surface area contributed by atoms with Crippen LogP contribution in [0.1, 0.15) is 6.92 Å². The number of hydrogen-bond acceptors (Lipinski definition) is 4. The maximum Gasteiger partial charge on any atom is 0.245 e. The van der Waals surface area contributed by atoms with E-state index in [0.717, 1.165) is 13.1 Å². The Kier molecular flexibility index (Phi) is 2.70. The topological polar surface area (TPSA) is 42.0 Å². The summed E-state index contributed by atoms with van der Waals surface area (Å²) < 4.78 is 11.1. The van der Waals surface area contributed by atoms with Crippen molar-refractivity contribution in [2.75, 3.05) is 40.4 Å². The Morgan fingerprint density at radius 2 is 1.87 bits per heavy atom. The standard InChI is InChI=1S/C10H18N2O3/c1-10(14-6-7-15-10)8-9(13)12(3)5-4-11(8)2/h8H,4-7H2,1-3H3. The predicted octanol–water partition coefficient (Wildman–Crippen LogP) is -0.478. The summed E-state index contributed by atoms with van der Waals surface area (Å²) in [7, 11) is 3.76. The molecule has 0 N–H and O–H groups in total. The van der Waals surface area contributed by atoms with Gasteiger partial charge in [-0.1, -0.05) is 0 Å². The number of hydrogen-bond donors (Lipinski definition) is 0. The zero-order valence-electron chi connectivity index (χ0n) is 9.52. The number of nitrogens with zero attached hydrogens (tertiary/aromatic N) is 2. The van der Waals surface area contributed by atoms with Crippen LogP contribution in [0.5, 0.6) is 0 Å². The molecule has 0 aliphatic carbocycles. The van der Waals surface area contributed by atoms with Gasteiger partial charge in [0.2, 0.25) is 5.91 Å². The summed E-state index contributed by atoms with van der Waals surface area (Å²) >= 11 is 0. The minimum atomic E-state index is -0.777. The summed E-state index contributed by atoms with van der Waals surface area (Å²) in [6.45, 7) is 4.60. The molecule has 0 aromatic heterocycles. The maximum absolute atomic E-state index is 12.1. The van der Waals surface area contributed by atoms with E-state index in [1.54, 1.807) is 4.90 Å². The van der Waals surface area contributed by atoms with Crippen molar-refractivity contribution < 1.29 is 14.3 Å². The quantitative estimate of drug-likeness (QED) is 0.591. The summed E-state index contributed by atoms with van der Waals surface area (Å²) in [5, 5.41) is 0. The first-order valence-electron chi connectivity index (χ1n) is 5.28. The molecule has 15 heavy (non-hydrogen) atoms. The lowest BCUT2D eigenvalue weighted by atomic mass is 10.0. The third-order valence-electron chi connectivity index (χ3n) is 3.20. The van der Waals surface area contributed by atoms with Gasteiger partial charge in [0, 0.05) is 20.1 Å². The van der Waals surface area contributed by atoms with E-state index in [4.69, 9.17) is 9.47 Å². The lowest BCUT2D eigenvalue weighted by molar-refractivity contribution is -0.201. The first-order chi connectivity index (χ1) is 7.04. The number of ether oxygens (including phenoxy) is 2. The molecular formula is C10H18N2O3. The Bertz CT molecular complexity index is 263. The lowest BCUT2D eigenvalue weighted by Crippen LogP contribution is -2.63. The highest BCUT2D eigenvalue weighted by atomic mass is 16.7. The normalized spacial score (nSPS) is 32.3. The molecule has 2 heterocycles. The van der Waals surface area contributed by atoms with Gasteiger partial charge in [-0.2, -0.15) is 0 Å². The van der Waals surface area contributed by atoms with Crippen LogP contribution in [0.2, 0.25) is 0 Å². The van der Waals surface area contributed by atoms with Gasteiger partial charge in [0.15, 0.2) is 5.79 Å². The first kappa shape index (κ1) is 10.9. The minimum absolute atomic E-state index is 0.0770. The minimum Gasteiger partial charge on any atom is -0.346 e. The van der Waals surface area contributed by atoms with Gasteiger partial charge in [0.05, 0.1) is 13.2 Å². The van der Waals surface area contributed by atoms with E-state index >= 15 is 0 Å². The van der Waals surface area contributed by atoms with Crippen LogP contribution >= 0.6 is 0 Å². The predicted molar refractivity (Wildman–Crippen MR) is 54.4 cm³/mol. The number of rotatable bonds is 1. The fourth-order valence-corrected chi connectivity index (χ4v) is 2.26. The van der Waals surface area contributed by atoms with E-state index in [1.807, 2.05) is 25.9 Å². The Balaban J connectivity index is 2.20. The molecule has 2 aliphatic rings. The molecule has 2 rings (SSSR count). The Morgan fingerprint density at radius 1 is 1.27 bits per heavy atom. The van der Waals surface area contributed by atoms with E-state index in [2.05, 4.69) is 0 Å². The highest BCUT2D eigenvalue weighted by molar-refractivity contribution is 5.83. The summed E-state index contributed by atoms with van der Waals surface area (Å²) in [4.78, 5) is 15.8. The molecule has 0 aromatic rings. The molecule has 0 spiro atoms. The average molecular weight is 214 g/mol. The van der Waals surface area contributed by atoms with Crippen molar-refractivity contribution in [1.29, 1.82) is 0 Å². The molecule has 86 valence electrons. The second-order valence-corrected chi connectivity index (χ2v) is 4.36. The second-order valence-electron chi connectivity index (χ2n) is 4.36. The molecule has 2 saturated heterocycles. The van der Waals surface area contributed by atoms with Gasteiger partial charge in [0.1, 0.15) is 6.04 Å². The zero-order chi connectivity index (χ0) is 11.1. The van der Waals surface area contributed by atoms with Gasteiger partial charge in [-0.15, -0.1) is 0 Å². The SMILES string of the molecule is CN1CCN(C)C(C2(C)OCCO2)C1=O. The molecule has 0 aromatic carbocycles. The number of likely N-dealkylation sites (N-methyl/N-ethyl adjacent to an activating group) is 2. The van der Waals surface area contributed by atoms with Crippen molar-refractivity contribution in [2.24, 2.45) is 0 Å². The van der Waals surface area contributed by atoms with Gasteiger partial charge < -0.3 is 14.4 Å². The second kappa shape index (κ2) is 3.73. The van der Waals surface area contributed by atoms with Gasteiger partial charge in [-0.25, -0.2) is 0 Å². The van der Waals surface area contributed by atoms with Crippen LogP contribution in [-0.2, 0) is 14.3 Å². The van der Waals surface area contributed by atoms with Crippen molar-refractivity contribution in [3.05, 3.63) is 0 Å². The van der Waals surface area contributed by atoms with E-state index < -0.39 is 5.79 Å². The summed E-state index contributed by atoms with van der Waals surface area (Å²) in [6, 6.07) is -0.321. The first-order valence-corrected chi connectivity index (χ1v) is 5.28. The molecule has 5 nitrogen and oxygen atoms in total. The number of carbonyl (C=O) groups excluding carboxylic acids is 1. The zero-order valence-corrected chi connectivity index (χ0v) is 9.52. The molecule has 1 atom stereocenters. The highest BCUT2D eigenvalue weighted by Gasteiger charge is 2.49. The Morgan fingerprint density at radius 3 is 2.47 bits per heavy atom. The van der Waals surface area contributed by atoms with Crippen LogP contribution in [-0.4, -0.2) is 67.9 Å². The summed E-state index contributed by atoms with van der Waals surface area (Å²) in [5.41, 5.74) is 0. The van der Waals surface area contributed by atoms with Crippen LogP contribution in [0.4, 0.5) is 0 Å². The molecule has 1 unspecified atom stereocenters. The van der Waals surface area contributed by atoms with Gasteiger partial charge >= 0.3 is 0 Å². The van der Waals surface area contributed by atoms with Crippen LogP contribution in [0.15, 0.2) is 0 Å². The smallest absolute Gasteiger partial charge is 0.245 e. The van der Waals surface area contributed by atoms with Crippen molar-refractivity contribution in [3.8, 4) is 0 Å². The third kappa shape index (κ3) is 1.75. The number of amides is 1. The van der Waals surface area contributed by atoms with Crippen molar-refractivity contribution in [1.82, 2.24) is 9.80 Å². The van der Waals surface area contributed by atoms with Crippen LogP contribution in [0.3, 0.4) is 0 Å². The molecule has 5 heteroatoms. The van der Waals surface area contributed by atoms with Gasteiger partial charge in [0.25, 0.3) is 0 Å². The van der Waals surface area contributed by atoms with Gasteiger partial charge in [-0.3, -0.25) is 9.69 Å². The molecule has 2 aliphatic heterocycles. The Labute approximate surface area is 89.9 Å². The molecule has 1 amide bonds. The van der Waals surface area contributed by atoms with E-state index in [9.17, 15) is 4.79 Å². The monoisotopic (exact) mass is 214 g/mol. The third-order valence-corrected chi connectivity index (χ3v) is 3.20. The number of carbonyl (C=O) groups is 1. The fourth-order valence-electron chi connectivity index (χ4n) is 2.26.